The van der Waals surface area contributed by atoms with Gasteiger partial charge in [0.15, 0.2) is 0 Å². The summed E-state index contributed by atoms with van der Waals surface area (Å²) in [5.74, 6) is 0.0950. The van der Waals surface area contributed by atoms with E-state index in [0.29, 0.717) is 6.54 Å². The molecule has 1 aromatic rings. The van der Waals surface area contributed by atoms with E-state index in [1.807, 2.05) is 19.1 Å². The monoisotopic (exact) mass is 253 g/mol. The second-order valence-corrected chi connectivity index (χ2v) is 6.52. The molecule has 80 valence electrons. The summed E-state index contributed by atoms with van der Waals surface area (Å²) in [6.45, 7) is 2.35. The van der Waals surface area contributed by atoms with Gasteiger partial charge in [0.1, 0.15) is 0 Å². The minimum atomic E-state index is -3.20. The number of hydrogen-bond acceptors (Lipinski definition) is 3. The molecule has 1 heterocycles. The number of aryl methyl sites for hydroxylation is 1. The zero-order valence-electron chi connectivity index (χ0n) is 7.79. The molecule has 0 bridgehead atoms. The fourth-order valence-electron chi connectivity index (χ4n) is 0.935. The minimum absolute atomic E-state index is 0.0289. The van der Waals surface area contributed by atoms with E-state index in [2.05, 4.69) is 4.72 Å². The van der Waals surface area contributed by atoms with Gasteiger partial charge < -0.3 is 0 Å². The van der Waals surface area contributed by atoms with Crippen molar-refractivity contribution < 1.29 is 8.42 Å². The van der Waals surface area contributed by atoms with E-state index in [1.165, 1.54) is 4.88 Å². The first-order valence-corrected chi connectivity index (χ1v) is 7.12. The van der Waals surface area contributed by atoms with Crippen molar-refractivity contribution >= 4 is 33.0 Å². The molecule has 0 unspecified atom stereocenters. The number of sulfonamides is 1. The fraction of sp³-hybridized carbons (Fsp3) is 0.500. The molecule has 0 spiro atoms. The number of alkyl halides is 1. The van der Waals surface area contributed by atoms with E-state index < -0.39 is 10.0 Å². The van der Waals surface area contributed by atoms with Crippen LogP contribution in [-0.4, -0.2) is 20.1 Å². The molecule has 1 N–H and O–H groups in total. The molecule has 0 aliphatic heterocycles. The second kappa shape index (κ2) is 5.11. The Hall–Kier alpha value is -0.100. The van der Waals surface area contributed by atoms with Crippen LogP contribution in [0.5, 0.6) is 0 Å². The molecule has 0 aliphatic rings. The maximum atomic E-state index is 11.2. The van der Waals surface area contributed by atoms with Crippen molar-refractivity contribution in [3.8, 4) is 0 Å². The number of hydrogen-bond donors (Lipinski definition) is 1. The first-order chi connectivity index (χ1) is 6.53. The Balaban J connectivity index is 2.48. The Morgan fingerprint density at radius 1 is 1.50 bits per heavy atom. The number of rotatable bonds is 5. The highest BCUT2D eigenvalue weighted by atomic mass is 35.5. The predicted molar refractivity (Wildman–Crippen MR) is 60.4 cm³/mol. The Kier molecular flexibility index (Phi) is 4.37. The predicted octanol–water partition coefficient (Wildman–Crippen LogP) is 1.71. The molecular weight excluding hydrogens is 242 g/mol. The normalized spacial score (nSPS) is 11.9. The van der Waals surface area contributed by atoms with Crippen molar-refractivity contribution in [3.63, 3.8) is 0 Å². The molecule has 0 atom stereocenters. The number of halogens is 1. The smallest absolute Gasteiger partial charge is 0.212 e. The van der Waals surface area contributed by atoms with Crippen molar-refractivity contribution in [1.82, 2.24) is 4.72 Å². The first kappa shape index (κ1) is 12.0. The maximum absolute atomic E-state index is 11.2. The van der Waals surface area contributed by atoms with Gasteiger partial charge in [-0.25, -0.2) is 13.1 Å². The summed E-state index contributed by atoms with van der Waals surface area (Å²) in [7, 11) is -3.20. The average Bonchev–Trinajstić information content (AvgIpc) is 2.48. The van der Waals surface area contributed by atoms with Gasteiger partial charge >= 0.3 is 0 Å². The molecule has 1 rings (SSSR count). The molecule has 3 nitrogen and oxygen atoms in total. The Morgan fingerprint density at radius 2 is 2.21 bits per heavy atom. The summed E-state index contributed by atoms with van der Waals surface area (Å²) >= 11 is 6.94. The molecular formula is C8H12ClNO2S2. The fourth-order valence-corrected chi connectivity index (χ4v) is 3.19. The average molecular weight is 254 g/mol. The van der Waals surface area contributed by atoms with E-state index in [0.717, 1.165) is 4.88 Å². The topological polar surface area (TPSA) is 46.2 Å². The summed E-state index contributed by atoms with van der Waals surface area (Å²) in [5, 5.41) is 0. The molecule has 6 heteroatoms. The highest BCUT2D eigenvalue weighted by Crippen LogP contribution is 2.14. The Bertz CT molecular complexity index is 386. The molecule has 0 amide bonds. The Labute approximate surface area is 93.1 Å². The van der Waals surface area contributed by atoms with Crippen molar-refractivity contribution in [1.29, 1.82) is 0 Å². The van der Waals surface area contributed by atoms with Crippen LogP contribution in [-0.2, 0) is 16.6 Å². The lowest BCUT2D eigenvalue weighted by atomic mass is 10.4. The molecule has 0 aliphatic carbocycles. The summed E-state index contributed by atoms with van der Waals surface area (Å²) < 4.78 is 24.9. The van der Waals surface area contributed by atoms with Crippen LogP contribution >= 0.6 is 22.9 Å². The molecule has 0 saturated carbocycles. The van der Waals surface area contributed by atoms with Crippen LogP contribution in [0.25, 0.3) is 0 Å². The van der Waals surface area contributed by atoms with Gasteiger partial charge in [0.05, 0.1) is 5.75 Å². The van der Waals surface area contributed by atoms with Crippen molar-refractivity contribution in [2.45, 2.75) is 13.5 Å². The highest BCUT2D eigenvalue weighted by Gasteiger charge is 2.08. The van der Waals surface area contributed by atoms with E-state index in [4.69, 9.17) is 11.6 Å². The molecule has 0 saturated heterocycles. The van der Waals surface area contributed by atoms with E-state index in [-0.39, 0.29) is 11.6 Å². The summed E-state index contributed by atoms with van der Waals surface area (Å²) in [4.78, 5) is 2.19. The van der Waals surface area contributed by atoms with Gasteiger partial charge in [0.2, 0.25) is 10.0 Å². The van der Waals surface area contributed by atoms with E-state index in [9.17, 15) is 8.42 Å². The van der Waals surface area contributed by atoms with Gasteiger partial charge in [0, 0.05) is 22.2 Å². The van der Waals surface area contributed by atoms with Crippen LogP contribution in [0.3, 0.4) is 0 Å². The standard InChI is InChI=1S/C8H12ClNO2S2/c1-7-2-3-8(13-7)6-10-14(11,12)5-4-9/h2-3,10H,4-6H2,1H3. The molecule has 14 heavy (non-hydrogen) atoms. The third-order valence-electron chi connectivity index (χ3n) is 1.61. The lowest BCUT2D eigenvalue weighted by Crippen LogP contribution is -2.26. The molecule has 0 radical (unpaired) electrons. The van der Waals surface area contributed by atoms with Crippen LogP contribution < -0.4 is 4.72 Å². The van der Waals surface area contributed by atoms with Crippen molar-refractivity contribution in [2.24, 2.45) is 0 Å². The number of nitrogens with one attached hydrogen (secondary N) is 1. The molecule has 0 aromatic carbocycles. The van der Waals surface area contributed by atoms with Crippen LogP contribution in [0.15, 0.2) is 12.1 Å². The quantitative estimate of drug-likeness (QED) is 0.813. The van der Waals surface area contributed by atoms with E-state index >= 15 is 0 Å². The van der Waals surface area contributed by atoms with Crippen LogP contribution in [0.1, 0.15) is 9.75 Å². The largest absolute Gasteiger partial charge is 0.213 e. The summed E-state index contributed by atoms with van der Waals surface area (Å²) in [6, 6.07) is 3.89. The van der Waals surface area contributed by atoms with Gasteiger partial charge in [-0.15, -0.1) is 22.9 Å². The Morgan fingerprint density at radius 3 is 2.71 bits per heavy atom. The highest BCUT2D eigenvalue weighted by molar-refractivity contribution is 7.89. The van der Waals surface area contributed by atoms with Crippen molar-refractivity contribution in [3.05, 3.63) is 21.9 Å². The van der Waals surface area contributed by atoms with Crippen LogP contribution in [0, 0.1) is 6.92 Å². The van der Waals surface area contributed by atoms with Gasteiger partial charge in [-0.05, 0) is 19.1 Å². The zero-order valence-corrected chi connectivity index (χ0v) is 10.2. The molecule has 1 aromatic heterocycles. The lowest BCUT2D eigenvalue weighted by molar-refractivity contribution is 0.583. The van der Waals surface area contributed by atoms with Gasteiger partial charge in [-0.3, -0.25) is 0 Å². The zero-order chi connectivity index (χ0) is 10.6. The minimum Gasteiger partial charge on any atom is -0.212 e. The third-order valence-corrected chi connectivity index (χ3v) is 4.35. The molecule has 0 fully saturated rings. The van der Waals surface area contributed by atoms with Gasteiger partial charge in [0.25, 0.3) is 0 Å². The van der Waals surface area contributed by atoms with Crippen LogP contribution in [0.4, 0.5) is 0 Å². The second-order valence-electron chi connectivity index (χ2n) is 2.84. The van der Waals surface area contributed by atoms with Gasteiger partial charge in [-0.1, -0.05) is 0 Å². The summed E-state index contributed by atoms with van der Waals surface area (Å²) in [6.07, 6.45) is 0. The maximum Gasteiger partial charge on any atom is 0.213 e. The van der Waals surface area contributed by atoms with Gasteiger partial charge in [-0.2, -0.15) is 0 Å². The lowest BCUT2D eigenvalue weighted by Gasteiger charge is -2.02. The number of thiophene rings is 1. The SMILES string of the molecule is Cc1ccc(CNS(=O)(=O)CCCl)s1. The van der Waals surface area contributed by atoms with Crippen molar-refractivity contribution in [2.75, 3.05) is 11.6 Å². The third kappa shape index (κ3) is 3.96. The van der Waals surface area contributed by atoms with E-state index in [1.54, 1.807) is 11.3 Å². The first-order valence-electron chi connectivity index (χ1n) is 4.12. The van der Waals surface area contributed by atoms with Crippen LogP contribution in [0.2, 0.25) is 0 Å². The summed E-state index contributed by atoms with van der Waals surface area (Å²) in [5.41, 5.74) is 0.